The first-order valence-corrected chi connectivity index (χ1v) is 20.3. The second kappa shape index (κ2) is 15.0. The Morgan fingerprint density at radius 1 is 0.500 bits per heavy atom. The minimum absolute atomic E-state index is 0. The van der Waals surface area contributed by atoms with Crippen LogP contribution in [0.5, 0.6) is 0 Å². The van der Waals surface area contributed by atoms with Gasteiger partial charge in [0, 0.05) is 37.9 Å². The van der Waals surface area contributed by atoms with Crippen LogP contribution in [0.25, 0.3) is 66.0 Å². The first kappa shape index (κ1) is 41.2. The van der Waals surface area contributed by atoms with Crippen LogP contribution in [0.2, 0.25) is 0 Å². The van der Waals surface area contributed by atoms with Crippen LogP contribution in [0.1, 0.15) is 104 Å². The SMILES string of the molecule is CC(C)(C)c1c[c-]c(-c2ccc(C(C)(C)C)cn2)cc1.CC(C)(C)c1ccc2cc3c(cc2c1)-c1ccnc(-c2[c-]cc4c(ccc5ccccc54)c2)c1C3(C)C.[Ir]. The number of rotatable bonds is 2. The second-order valence-electron chi connectivity index (χ2n) is 19.5. The van der Waals surface area contributed by atoms with Crippen LogP contribution in [-0.2, 0) is 41.8 Å². The van der Waals surface area contributed by atoms with Gasteiger partial charge in [-0.25, -0.2) is 0 Å². The second-order valence-corrected chi connectivity index (χ2v) is 19.5. The average Bonchev–Trinajstić information content (AvgIpc) is 3.41. The summed E-state index contributed by atoms with van der Waals surface area (Å²) in [7, 11) is 0. The Bertz CT molecular complexity index is 2730. The topological polar surface area (TPSA) is 25.8 Å². The van der Waals surface area contributed by atoms with Gasteiger partial charge in [-0.1, -0.05) is 154 Å². The predicted octanol–water partition coefficient (Wildman–Crippen LogP) is 14.8. The van der Waals surface area contributed by atoms with Crippen molar-refractivity contribution in [1.29, 1.82) is 0 Å². The van der Waals surface area contributed by atoms with Crippen molar-refractivity contribution in [3.63, 3.8) is 0 Å². The summed E-state index contributed by atoms with van der Waals surface area (Å²) >= 11 is 0. The molecule has 2 heterocycles. The molecule has 58 heavy (non-hydrogen) atoms. The molecule has 8 aromatic rings. The maximum Gasteiger partial charge on any atom is 0.0198 e. The van der Waals surface area contributed by atoms with Crippen molar-refractivity contribution < 1.29 is 20.1 Å². The Balaban J connectivity index is 0.000000208. The van der Waals surface area contributed by atoms with E-state index < -0.39 is 0 Å². The van der Waals surface area contributed by atoms with Crippen LogP contribution in [0.3, 0.4) is 0 Å². The van der Waals surface area contributed by atoms with Gasteiger partial charge in [0.25, 0.3) is 0 Å². The smallest absolute Gasteiger partial charge is 0.0198 e. The Morgan fingerprint density at radius 2 is 1.16 bits per heavy atom. The monoisotopic (exact) mass is 935 g/mol. The molecule has 1 aliphatic carbocycles. The van der Waals surface area contributed by atoms with E-state index in [0.717, 1.165) is 22.5 Å². The van der Waals surface area contributed by atoms with E-state index in [4.69, 9.17) is 4.98 Å². The third-order valence-electron chi connectivity index (χ3n) is 11.9. The van der Waals surface area contributed by atoms with Crippen molar-refractivity contribution in [3.8, 4) is 33.6 Å². The zero-order chi connectivity index (χ0) is 40.5. The zero-order valence-electron chi connectivity index (χ0n) is 35.9. The van der Waals surface area contributed by atoms with Crippen molar-refractivity contribution in [2.24, 2.45) is 0 Å². The molecule has 0 unspecified atom stereocenters. The Hall–Kier alpha value is -4.95. The van der Waals surface area contributed by atoms with Gasteiger partial charge < -0.3 is 9.97 Å². The van der Waals surface area contributed by atoms with Crippen LogP contribution in [0.4, 0.5) is 0 Å². The molecule has 2 nitrogen and oxygen atoms in total. The maximum absolute atomic E-state index is 4.95. The molecule has 2 aromatic heterocycles. The fourth-order valence-corrected chi connectivity index (χ4v) is 8.29. The minimum Gasteiger partial charge on any atom is -0.304 e. The number of hydrogen-bond donors (Lipinski definition) is 0. The number of pyridine rings is 2. The number of benzene rings is 6. The summed E-state index contributed by atoms with van der Waals surface area (Å²) in [6.45, 7) is 24.8. The van der Waals surface area contributed by atoms with E-state index in [1.54, 1.807) is 0 Å². The molecule has 0 saturated heterocycles. The molecule has 0 saturated carbocycles. The van der Waals surface area contributed by atoms with Crippen molar-refractivity contribution in [3.05, 3.63) is 168 Å². The normalized spacial score (nSPS) is 13.4. The molecular formula is C55H54IrN2-2. The molecule has 0 atom stereocenters. The van der Waals surface area contributed by atoms with E-state index >= 15 is 0 Å². The van der Waals surface area contributed by atoms with E-state index in [2.05, 4.69) is 209 Å². The molecule has 0 aliphatic heterocycles. The third kappa shape index (κ3) is 7.68. The summed E-state index contributed by atoms with van der Waals surface area (Å²) in [5, 5.41) is 7.58. The molecule has 0 N–H and O–H groups in total. The van der Waals surface area contributed by atoms with Gasteiger partial charge in [0.15, 0.2) is 0 Å². The zero-order valence-corrected chi connectivity index (χ0v) is 38.2. The molecule has 1 radical (unpaired) electrons. The van der Waals surface area contributed by atoms with E-state index in [1.807, 2.05) is 12.4 Å². The fourth-order valence-electron chi connectivity index (χ4n) is 8.29. The first-order chi connectivity index (χ1) is 26.9. The van der Waals surface area contributed by atoms with Crippen LogP contribution >= 0.6 is 0 Å². The van der Waals surface area contributed by atoms with Gasteiger partial charge >= 0.3 is 0 Å². The molecule has 9 rings (SSSR count). The Morgan fingerprint density at radius 3 is 1.83 bits per heavy atom. The molecule has 0 fully saturated rings. The largest absolute Gasteiger partial charge is 0.304 e. The molecule has 1 aliphatic rings. The summed E-state index contributed by atoms with van der Waals surface area (Å²) in [4.78, 5) is 9.53. The molecule has 6 aromatic carbocycles. The van der Waals surface area contributed by atoms with E-state index in [-0.39, 0.29) is 41.8 Å². The summed E-state index contributed by atoms with van der Waals surface area (Å²) in [6, 6.07) is 48.9. The summed E-state index contributed by atoms with van der Waals surface area (Å²) < 4.78 is 0. The number of fused-ring (bicyclic) bond motifs is 7. The molecule has 0 amide bonds. The fraction of sp³-hybridized carbons (Fsp3) is 0.273. The average molecular weight is 935 g/mol. The van der Waals surface area contributed by atoms with Crippen LogP contribution in [0.15, 0.2) is 128 Å². The van der Waals surface area contributed by atoms with E-state index in [9.17, 15) is 0 Å². The predicted molar refractivity (Wildman–Crippen MR) is 243 cm³/mol. The number of aromatic nitrogens is 2. The van der Waals surface area contributed by atoms with Gasteiger partial charge in [0.2, 0.25) is 0 Å². The molecule has 0 bridgehead atoms. The van der Waals surface area contributed by atoms with Crippen molar-refractivity contribution in [2.45, 2.75) is 97.8 Å². The van der Waals surface area contributed by atoms with Gasteiger partial charge in [-0.05, 0) is 95.4 Å². The van der Waals surface area contributed by atoms with Gasteiger partial charge in [-0.2, -0.15) is 0 Å². The standard InChI is InChI=1S/C36H30N.C19H24N.Ir/c1-35(2,3)27-14-12-23-21-32-31(20-26(23)19-27)30-16-17-37-34(33(30)36(32,4)5)25-13-15-29-24(18-25)11-10-22-8-6-7-9-28(22)29;1-18(2,3)15-9-7-14(8-10-15)17-12-11-16(13-20-17)19(4,5)6;/h6-12,14-21H,1-5H3;7,9-13H,1-6H3;/q2*-1;. The van der Waals surface area contributed by atoms with Crippen LogP contribution in [-0.4, -0.2) is 9.97 Å². The van der Waals surface area contributed by atoms with Gasteiger partial charge in [-0.15, -0.1) is 64.5 Å². The van der Waals surface area contributed by atoms with Crippen LogP contribution < -0.4 is 0 Å². The Kier molecular flexibility index (Phi) is 10.7. The maximum atomic E-state index is 4.95. The van der Waals surface area contributed by atoms with Gasteiger partial charge in [0.1, 0.15) is 0 Å². The summed E-state index contributed by atoms with van der Waals surface area (Å²) in [5.74, 6) is 0. The number of nitrogens with zero attached hydrogens (tertiary/aromatic N) is 2. The molecule has 0 spiro atoms. The van der Waals surface area contributed by atoms with E-state index in [0.29, 0.717) is 0 Å². The minimum atomic E-state index is -0.155. The molecule has 3 heteroatoms. The van der Waals surface area contributed by atoms with Crippen molar-refractivity contribution in [2.75, 3.05) is 0 Å². The van der Waals surface area contributed by atoms with Crippen molar-refractivity contribution >= 4 is 32.3 Å². The van der Waals surface area contributed by atoms with Crippen molar-refractivity contribution in [1.82, 2.24) is 9.97 Å². The van der Waals surface area contributed by atoms with Crippen LogP contribution in [0, 0.1) is 12.1 Å². The quantitative estimate of drug-likeness (QED) is 0.127. The van der Waals surface area contributed by atoms with Gasteiger partial charge in [0.05, 0.1) is 0 Å². The number of hydrogen-bond acceptors (Lipinski definition) is 2. The Labute approximate surface area is 359 Å². The first-order valence-electron chi connectivity index (χ1n) is 20.3. The van der Waals surface area contributed by atoms with Gasteiger partial charge in [-0.3, -0.25) is 0 Å². The molecule has 295 valence electrons. The summed E-state index contributed by atoms with van der Waals surface area (Å²) in [5.41, 5.74) is 13.6. The van der Waals surface area contributed by atoms with E-state index in [1.165, 1.54) is 71.3 Å². The molecular weight excluding hydrogens is 881 g/mol. The third-order valence-corrected chi connectivity index (χ3v) is 11.9. The summed E-state index contributed by atoms with van der Waals surface area (Å²) in [6.07, 6.45) is 3.94.